The Bertz CT molecular complexity index is 328. The van der Waals surface area contributed by atoms with Crippen LogP contribution in [-0.2, 0) is 5.75 Å². The second-order valence-electron chi connectivity index (χ2n) is 3.51. The lowest BCUT2D eigenvalue weighted by molar-refractivity contribution is 0.196. The van der Waals surface area contributed by atoms with Crippen molar-refractivity contribution in [2.75, 3.05) is 0 Å². The Hall–Kier alpha value is 0.110. The molecule has 4 heteroatoms. The van der Waals surface area contributed by atoms with Crippen molar-refractivity contribution in [3.8, 4) is 0 Å². The third-order valence-corrected chi connectivity index (χ3v) is 4.33. The fourth-order valence-corrected chi connectivity index (χ4v) is 2.23. The average molecular weight is 265 g/mol. The van der Waals surface area contributed by atoms with Gasteiger partial charge in [0.25, 0.3) is 0 Å². The monoisotopic (exact) mass is 264 g/mol. The highest BCUT2D eigenvalue weighted by Gasteiger charge is 2.09. The van der Waals surface area contributed by atoms with Gasteiger partial charge < -0.3 is 5.11 Å². The van der Waals surface area contributed by atoms with Gasteiger partial charge >= 0.3 is 0 Å². The van der Waals surface area contributed by atoms with E-state index >= 15 is 0 Å². The Kier molecular flexibility index (Phi) is 5.27. The van der Waals surface area contributed by atoms with E-state index in [0.717, 1.165) is 11.3 Å². The zero-order valence-electron chi connectivity index (χ0n) is 8.71. The Morgan fingerprint density at radius 1 is 1.27 bits per heavy atom. The molecule has 1 nitrogen and oxygen atoms in total. The Balaban J connectivity index is 2.55. The van der Waals surface area contributed by atoms with E-state index in [-0.39, 0.29) is 11.4 Å². The van der Waals surface area contributed by atoms with Gasteiger partial charge in [-0.25, -0.2) is 0 Å². The van der Waals surface area contributed by atoms with Crippen molar-refractivity contribution in [3.05, 3.63) is 33.8 Å². The first-order valence-corrected chi connectivity index (χ1v) is 6.54. The van der Waals surface area contributed by atoms with Crippen molar-refractivity contribution in [1.29, 1.82) is 0 Å². The van der Waals surface area contributed by atoms with Crippen LogP contribution in [0.5, 0.6) is 0 Å². The number of aliphatic hydroxyl groups excluding tert-OH is 1. The molecule has 0 saturated heterocycles. The molecule has 0 aliphatic carbocycles. The number of halogens is 2. The minimum Gasteiger partial charge on any atom is -0.392 e. The van der Waals surface area contributed by atoms with Crippen LogP contribution in [0.3, 0.4) is 0 Å². The van der Waals surface area contributed by atoms with Crippen LogP contribution in [0.25, 0.3) is 0 Å². The number of rotatable bonds is 4. The van der Waals surface area contributed by atoms with Crippen LogP contribution in [0.1, 0.15) is 19.4 Å². The molecule has 1 N–H and O–H groups in total. The third kappa shape index (κ3) is 4.23. The third-order valence-electron chi connectivity index (χ3n) is 2.18. The molecule has 0 bridgehead atoms. The standard InChI is InChI=1S/C11H14Cl2OS/c1-7(14)8(2)15-6-9-3-4-10(12)11(13)5-9/h3-5,7-8,14H,6H2,1-2H3. The SMILES string of the molecule is CC(O)C(C)SCc1ccc(Cl)c(Cl)c1. The molecule has 0 aliphatic heterocycles. The van der Waals surface area contributed by atoms with Crippen molar-refractivity contribution >= 4 is 35.0 Å². The predicted octanol–water partition coefficient (Wildman–Crippen LogP) is 4.00. The number of hydrogen-bond acceptors (Lipinski definition) is 2. The largest absolute Gasteiger partial charge is 0.392 e. The summed E-state index contributed by atoms with van der Waals surface area (Å²) in [7, 11) is 0. The minimum atomic E-state index is -0.294. The molecule has 0 aromatic heterocycles. The quantitative estimate of drug-likeness (QED) is 0.888. The van der Waals surface area contributed by atoms with Crippen LogP contribution in [0, 0.1) is 0 Å². The van der Waals surface area contributed by atoms with Gasteiger partial charge in [-0.1, -0.05) is 36.2 Å². The van der Waals surface area contributed by atoms with Crippen molar-refractivity contribution in [2.45, 2.75) is 31.0 Å². The lowest BCUT2D eigenvalue weighted by Gasteiger charge is -2.14. The maximum absolute atomic E-state index is 9.33. The van der Waals surface area contributed by atoms with Gasteiger partial charge in [0.2, 0.25) is 0 Å². The van der Waals surface area contributed by atoms with E-state index in [1.807, 2.05) is 19.1 Å². The average Bonchev–Trinajstić information content (AvgIpc) is 2.19. The van der Waals surface area contributed by atoms with E-state index in [0.29, 0.717) is 10.0 Å². The van der Waals surface area contributed by atoms with Crippen molar-refractivity contribution in [2.24, 2.45) is 0 Å². The normalized spacial score (nSPS) is 15.0. The van der Waals surface area contributed by atoms with E-state index in [1.54, 1.807) is 24.8 Å². The van der Waals surface area contributed by atoms with Crippen LogP contribution < -0.4 is 0 Å². The Morgan fingerprint density at radius 2 is 1.93 bits per heavy atom. The van der Waals surface area contributed by atoms with Crippen LogP contribution in [0.4, 0.5) is 0 Å². The Labute approximate surface area is 105 Å². The molecule has 2 unspecified atom stereocenters. The highest BCUT2D eigenvalue weighted by Crippen LogP contribution is 2.26. The maximum atomic E-state index is 9.33. The maximum Gasteiger partial charge on any atom is 0.0628 e. The molecule has 0 heterocycles. The van der Waals surface area contributed by atoms with Crippen LogP contribution in [0.15, 0.2) is 18.2 Å². The summed E-state index contributed by atoms with van der Waals surface area (Å²) < 4.78 is 0. The zero-order chi connectivity index (χ0) is 11.4. The van der Waals surface area contributed by atoms with E-state index < -0.39 is 0 Å². The number of thioether (sulfide) groups is 1. The fraction of sp³-hybridized carbons (Fsp3) is 0.455. The second kappa shape index (κ2) is 6.00. The molecule has 0 amide bonds. The van der Waals surface area contributed by atoms with Gasteiger partial charge in [-0.3, -0.25) is 0 Å². The molecule has 1 aromatic carbocycles. The highest BCUT2D eigenvalue weighted by molar-refractivity contribution is 7.99. The summed E-state index contributed by atoms with van der Waals surface area (Å²) in [6.07, 6.45) is -0.294. The molecular weight excluding hydrogens is 251 g/mol. The van der Waals surface area contributed by atoms with Crippen LogP contribution in [0.2, 0.25) is 10.0 Å². The predicted molar refractivity (Wildman–Crippen MR) is 68.9 cm³/mol. The highest BCUT2D eigenvalue weighted by atomic mass is 35.5. The molecule has 0 aliphatic rings. The first kappa shape index (κ1) is 13.2. The van der Waals surface area contributed by atoms with E-state index in [1.165, 1.54) is 0 Å². The summed E-state index contributed by atoms with van der Waals surface area (Å²) in [5.74, 6) is 0.836. The molecule has 0 radical (unpaired) electrons. The fourth-order valence-electron chi connectivity index (χ4n) is 0.996. The summed E-state index contributed by atoms with van der Waals surface area (Å²) in [5, 5.41) is 10.7. The number of benzene rings is 1. The van der Waals surface area contributed by atoms with Gasteiger partial charge in [-0.05, 0) is 24.6 Å². The van der Waals surface area contributed by atoms with Crippen LogP contribution in [-0.4, -0.2) is 16.5 Å². The molecular formula is C11H14Cl2OS. The molecule has 84 valence electrons. The van der Waals surface area contributed by atoms with Crippen LogP contribution >= 0.6 is 35.0 Å². The van der Waals surface area contributed by atoms with Gasteiger partial charge in [0.1, 0.15) is 0 Å². The molecule has 1 aromatic rings. The van der Waals surface area contributed by atoms with Crippen molar-refractivity contribution in [3.63, 3.8) is 0 Å². The first-order chi connectivity index (χ1) is 7.00. The molecule has 0 fully saturated rings. The minimum absolute atomic E-state index is 0.222. The number of aliphatic hydroxyl groups is 1. The molecule has 0 saturated carbocycles. The smallest absolute Gasteiger partial charge is 0.0628 e. The van der Waals surface area contributed by atoms with Gasteiger partial charge in [-0.2, -0.15) is 11.8 Å². The van der Waals surface area contributed by atoms with E-state index in [2.05, 4.69) is 0 Å². The summed E-state index contributed by atoms with van der Waals surface area (Å²) in [5.41, 5.74) is 1.13. The van der Waals surface area contributed by atoms with Crippen molar-refractivity contribution < 1.29 is 5.11 Å². The molecule has 1 rings (SSSR count). The summed E-state index contributed by atoms with van der Waals surface area (Å²) in [4.78, 5) is 0. The first-order valence-electron chi connectivity index (χ1n) is 4.74. The van der Waals surface area contributed by atoms with E-state index in [4.69, 9.17) is 23.2 Å². The number of hydrogen-bond donors (Lipinski definition) is 1. The summed E-state index contributed by atoms with van der Waals surface area (Å²) in [6, 6.07) is 5.62. The summed E-state index contributed by atoms with van der Waals surface area (Å²) in [6.45, 7) is 3.80. The second-order valence-corrected chi connectivity index (χ2v) is 5.69. The van der Waals surface area contributed by atoms with Gasteiger partial charge in [0.15, 0.2) is 0 Å². The summed E-state index contributed by atoms with van der Waals surface area (Å²) >= 11 is 13.4. The lowest BCUT2D eigenvalue weighted by Crippen LogP contribution is -2.15. The lowest BCUT2D eigenvalue weighted by atomic mass is 10.2. The molecule has 0 spiro atoms. The topological polar surface area (TPSA) is 20.2 Å². The van der Waals surface area contributed by atoms with Gasteiger partial charge in [-0.15, -0.1) is 0 Å². The molecule has 2 atom stereocenters. The van der Waals surface area contributed by atoms with Gasteiger partial charge in [0.05, 0.1) is 16.1 Å². The van der Waals surface area contributed by atoms with Gasteiger partial charge in [0, 0.05) is 11.0 Å². The Morgan fingerprint density at radius 3 is 2.47 bits per heavy atom. The van der Waals surface area contributed by atoms with E-state index in [9.17, 15) is 5.11 Å². The van der Waals surface area contributed by atoms with Crippen molar-refractivity contribution in [1.82, 2.24) is 0 Å². The molecule has 15 heavy (non-hydrogen) atoms. The zero-order valence-corrected chi connectivity index (χ0v) is 11.0.